The lowest BCUT2D eigenvalue weighted by Gasteiger charge is -2.28. The van der Waals surface area contributed by atoms with Gasteiger partial charge in [-0.25, -0.2) is 9.97 Å². The van der Waals surface area contributed by atoms with E-state index in [1.807, 2.05) is 13.0 Å². The number of hydrogen-bond donors (Lipinski definition) is 1. The number of nitrogens with zero attached hydrogens (tertiary/aromatic N) is 4. The van der Waals surface area contributed by atoms with Gasteiger partial charge in [-0.05, 0) is 19.3 Å². The van der Waals surface area contributed by atoms with Crippen LogP contribution in [0.4, 0.5) is 11.6 Å². The molecule has 1 N–H and O–H groups in total. The summed E-state index contributed by atoms with van der Waals surface area (Å²) >= 11 is 0. The summed E-state index contributed by atoms with van der Waals surface area (Å²) in [6, 6.07) is 3.96. The monoisotopic (exact) mass is 259 g/mol. The zero-order chi connectivity index (χ0) is 13.7. The van der Waals surface area contributed by atoms with Gasteiger partial charge in [0.05, 0.1) is 6.07 Å². The van der Waals surface area contributed by atoms with Crippen molar-refractivity contribution in [3.05, 3.63) is 11.9 Å². The number of aromatic nitrogens is 2. The first-order valence-electron chi connectivity index (χ1n) is 6.86. The van der Waals surface area contributed by atoms with Crippen LogP contribution in [0.25, 0.3) is 0 Å². The van der Waals surface area contributed by atoms with Crippen molar-refractivity contribution in [2.45, 2.75) is 32.6 Å². The second-order valence-electron chi connectivity index (χ2n) is 5.18. The summed E-state index contributed by atoms with van der Waals surface area (Å²) in [5.41, 5.74) is 0. The fourth-order valence-electron chi connectivity index (χ4n) is 2.24. The highest BCUT2D eigenvalue weighted by Gasteiger charge is 2.18. The van der Waals surface area contributed by atoms with Crippen LogP contribution in [-0.2, 0) is 0 Å². The summed E-state index contributed by atoms with van der Waals surface area (Å²) in [6.07, 6.45) is 5.39. The number of aryl methyl sites for hydroxylation is 1. The van der Waals surface area contributed by atoms with Gasteiger partial charge in [0.1, 0.15) is 24.0 Å². The maximum atomic E-state index is 8.59. The fourth-order valence-corrected chi connectivity index (χ4v) is 2.24. The van der Waals surface area contributed by atoms with Gasteiger partial charge in [-0.3, -0.25) is 0 Å². The Balaban J connectivity index is 1.96. The van der Waals surface area contributed by atoms with Gasteiger partial charge in [-0.2, -0.15) is 5.26 Å². The van der Waals surface area contributed by atoms with E-state index in [-0.39, 0.29) is 6.54 Å². The molecular weight excluding hydrogens is 238 g/mol. The summed E-state index contributed by atoms with van der Waals surface area (Å²) in [7, 11) is 2.06. The number of anilines is 2. The van der Waals surface area contributed by atoms with Crippen LogP contribution in [0.1, 0.15) is 31.5 Å². The average molecular weight is 259 g/mol. The molecule has 2 rings (SSSR count). The van der Waals surface area contributed by atoms with Gasteiger partial charge in [-0.15, -0.1) is 0 Å². The third-order valence-electron chi connectivity index (χ3n) is 3.66. The molecule has 1 heterocycles. The Morgan fingerprint density at radius 3 is 2.89 bits per heavy atom. The van der Waals surface area contributed by atoms with E-state index in [9.17, 15) is 0 Å². The molecule has 0 saturated heterocycles. The molecule has 0 aliphatic heterocycles. The zero-order valence-corrected chi connectivity index (χ0v) is 11.7. The van der Waals surface area contributed by atoms with Crippen LogP contribution in [0.5, 0.6) is 0 Å². The lowest BCUT2D eigenvalue weighted by atomic mass is 9.83. The molecule has 1 aliphatic carbocycles. The van der Waals surface area contributed by atoms with Gasteiger partial charge in [0.25, 0.3) is 0 Å². The highest BCUT2D eigenvalue weighted by Crippen LogP contribution is 2.29. The van der Waals surface area contributed by atoms with Crippen molar-refractivity contribution in [1.29, 1.82) is 5.26 Å². The van der Waals surface area contributed by atoms with Crippen LogP contribution in [0.15, 0.2) is 6.07 Å². The molecule has 0 unspecified atom stereocenters. The Morgan fingerprint density at radius 1 is 1.47 bits per heavy atom. The first-order chi connectivity index (χ1) is 9.19. The molecule has 0 radical (unpaired) electrons. The lowest BCUT2D eigenvalue weighted by molar-refractivity contribution is 0.299. The highest BCUT2D eigenvalue weighted by molar-refractivity contribution is 5.49. The molecule has 102 valence electrons. The van der Waals surface area contributed by atoms with Crippen molar-refractivity contribution in [3.8, 4) is 6.07 Å². The number of hydrogen-bond acceptors (Lipinski definition) is 5. The van der Waals surface area contributed by atoms with E-state index < -0.39 is 0 Å². The van der Waals surface area contributed by atoms with Gasteiger partial charge in [0.15, 0.2) is 0 Å². The molecule has 0 spiro atoms. The number of rotatable bonds is 6. The zero-order valence-electron chi connectivity index (χ0n) is 11.7. The Kier molecular flexibility index (Phi) is 4.56. The molecule has 5 nitrogen and oxygen atoms in total. The minimum atomic E-state index is 0.266. The van der Waals surface area contributed by atoms with E-state index in [0.29, 0.717) is 0 Å². The number of nitrogens with one attached hydrogen (secondary N) is 1. The largest absolute Gasteiger partial charge is 0.359 e. The van der Waals surface area contributed by atoms with Crippen molar-refractivity contribution >= 4 is 11.6 Å². The van der Waals surface area contributed by atoms with Gasteiger partial charge in [0, 0.05) is 19.7 Å². The molecule has 1 saturated carbocycles. The van der Waals surface area contributed by atoms with Crippen LogP contribution >= 0.6 is 0 Å². The molecular formula is C14H21N5. The summed E-state index contributed by atoms with van der Waals surface area (Å²) in [5.74, 6) is 3.28. The lowest BCUT2D eigenvalue weighted by Crippen LogP contribution is -2.24. The Labute approximate surface area is 114 Å². The standard InChI is InChI=1S/C14H21N5/c1-11-17-13(16-8-7-15)10-14(18-11)19(2)9-6-12-4-3-5-12/h10,12H,3-6,8-9H2,1-2H3,(H,16,17,18). The van der Waals surface area contributed by atoms with E-state index in [4.69, 9.17) is 5.26 Å². The predicted molar refractivity (Wildman–Crippen MR) is 76.1 cm³/mol. The van der Waals surface area contributed by atoms with Gasteiger partial charge >= 0.3 is 0 Å². The van der Waals surface area contributed by atoms with Crippen molar-refractivity contribution in [1.82, 2.24) is 9.97 Å². The number of nitriles is 1. The van der Waals surface area contributed by atoms with Gasteiger partial charge in [-0.1, -0.05) is 19.3 Å². The molecule has 1 aromatic heterocycles. The van der Waals surface area contributed by atoms with Crippen LogP contribution in [0, 0.1) is 24.2 Å². The molecule has 19 heavy (non-hydrogen) atoms. The molecule has 0 amide bonds. The average Bonchev–Trinajstić information content (AvgIpc) is 2.33. The first kappa shape index (κ1) is 13.6. The second kappa shape index (κ2) is 6.37. The second-order valence-corrected chi connectivity index (χ2v) is 5.18. The van der Waals surface area contributed by atoms with E-state index in [0.717, 1.165) is 29.9 Å². The normalized spacial score (nSPS) is 14.6. The highest BCUT2D eigenvalue weighted by atomic mass is 15.2. The predicted octanol–water partition coefficient (Wildman–Crippen LogP) is 2.35. The van der Waals surface area contributed by atoms with Crippen molar-refractivity contribution in [2.24, 2.45) is 5.92 Å². The van der Waals surface area contributed by atoms with Crippen molar-refractivity contribution < 1.29 is 0 Å². The van der Waals surface area contributed by atoms with Crippen molar-refractivity contribution in [2.75, 3.05) is 30.4 Å². The molecule has 5 heteroatoms. The summed E-state index contributed by atoms with van der Waals surface area (Å²) in [6.45, 7) is 3.17. The van der Waals surface area contributed by atoms with Crippen LogP contribution in [0.3, 0.4) is 0 Å². The maximum Gasteiger partial charge on any atom is 0.134 e. The summed E-state index contributed by atoms with van der Waals surface area (Å²) in [4.78, 5) is 10.9. The van der Waals surface area contributed by atoms with Crippen LogP contribution in [0.2, 0.25) is 0 Å². The van der Waals surface area contributed by atoms with Crippen molar-refractivity contribution in [3.63, 3.8) is 0 Å². The minimum Gasteiger partial charge on any atom is -0.359 e. The topological polar surface area (TPSA) is 64.8 Å². The van der Waals surface area contributed by atoms with E-state index in [1.165, 1.54) is 25.7 Å². The SMILES string of the molecule is Cc1nc(NCC#N)cc(N(C)CCC2CCC2)n1. The van der Waals surface area contributed by atoms with E-state index >= 15 is 0 Å². The summed E-state index contributed by atoms with van der Waals surface area (Å²) in [5, 5.41) is 11.6. The van der Waals surface area contributed by atoms with Crippen LogP contribution in [-0.4, -0.2) is 30.1 Å². The molecule has 0 atom stereocenters. The maximum absolute atomic E-state index is 8.59. The third kappa shape index (κ3) is 3.82. The molecule has 0 aromatic carbocycles. The minimum absolute atomic E-state index is 0.266. The molecule has 1 aromatic rings. The van der Waals surface area contributed by atoms with Gasteiger partial charge in [0.2, 0.25) is 0 Å². The van der Waals surface area contributed by atoms with E-state index in [2.05, 4.69) is 33.3 Å². The fraction of sp³-hybridized carbons (Fsp3) is 0.643. The summed E-state index contributed by atoms with van der Waals surface area (Å²) < 4.78 is 0. The Morgan fingerprint density at radius 2 is 2.26 bits per heavy atom. The smallest absolute Gasteiger partial charge is 0.134 e. The molecule has 1 aliphatic rings. The van der Waals surface area contributed by atoms with E-state index in [1.54, 1.807) is 0 Å². The quantitative estimate of drug-likeness (QED) is 0.794. The van der Waals surface area contributed by atoms with Crippen LogP contribution < -0.4 is 10.2 Å². The molecule has 1 fully saturated rings. The first-order valence-corrected chi connectivity index (χ1v) is 6.86. The Bertz CT molecular complexity index is 461. The third-order valence-corrected chi connectivity index (χ3v) is 3.66. The molecule has 0 bridgehead atoms. The van der Waals surface area contributed by atoms with Gasteiger partial charge < -0.3 is 10.2 Å². The Hall–Kier alpha value is -1.83.